The number of fused-ring (bicyclic) bond motifs is 5. The van der Waals surface area contributed by atoms with Gasteiger partial charge in [-0.25, -0.2) is 0 Å². The summed E-state index contributed by atoms with van der Waals surface area (Å²) in [4.78, 5) is 4.77. The van der Waals surface area contributed by atoms with Crippen LogP contribution in [-0.4, -0.2) is 0 Å². The average Bonchev–Trinajstić information content (AvgIpc) is 3.28. The molecule has 264 valence electrons. The van der Waals surface area contributed by atoms with Crippen molar-refractivity contribution in [2.24, 2.45) is 0 Å². The van der Waals surface area contributed by atoms with Crippen molar-refractivity contribution in [2.75, 3.05) is 9.80 Å². The van der Waals surface area contributed by atoms with Crippen molar-refractivity contribution in [3.8, 4) is 22.3 Å². The molecule has 0 spiro atoms. The molecule has 0 bridgehead atoms. The molecule has 10 aromatic carbocycles. The predicted octanol–water partition coefficient (Wildman–Crippen LogP) is 15.4. The van der Waals surface area contributed by atoms with Gasteiger partial charge in [0.1, 0.15) is 0 Å². The van der Waals surface area contributed by atoms with Crippen LogP contribution >= 0.6 is 0 Å². The number of hydrogen-bond donors (Lipinski definition) is 0. The van der Waals surface area contributed by atoms with Crippen LogP contribution in [0, 0.1) is 0 Å². The molecule has 0 aliphatic heterocycles. The Labute approximate surface area is 327 Å². The lowest BCUT2D eigenvalue weighted by atomic mass is 9.95. The first-order chi connectivity index (χ1) is 27.8. The molecule has 0 heterocycles. The summed E-state index contributed by atoms with van der Waals surface area (Å²) >= 11 is 0. The molecule has 0 aromatic heterocycles. The molecule has 2 heteroatoms. The normalized spacial score (nSPS) is 11.2. The van der Waals surface area contributed by atoms with E-state index in [0.717, 1.165) is 34.1 Å². The summed E-state index contributed by atoms with van der Waals surface area (Å²) in [7, 11) is 0. The monoisotopic (exact) mass is 714 g/mol. The van der Waals surface area contributed by atoms with E-state index in [0.29, 0.717) is 0 Å². The Kier molecular flexibility index (Phi) is 8.55. The van der Waals surface area contributed by atoms with Gasteiger partial charge >= 0.3 is 0 Å². The van der Waals surface area contributed by atoms with Gasteiger partial charge in [0.15, 0.2) is 0 Å². The minimum atomic E-state index is 1.12. The van der Waals surface area contributed by atoms with Crippen molar-refractivity contribution in [2.45, 2.75) is 0 Å². The summed E-state index contributed by atoms with van der Waals surface area (Å²) in [6.07, 6.45) is 0. The third kappa shape index (κ3) is 6.04. The quantitative estimate of drug-likeness (QED) is 0.145. The van der Waals surface area contributed by atoms with Crippen molar-refractivity contribution in [1.82, 2.24) is 0 Å². The molecule has 0 radical (unpaired) electrons. The molecule has 0 saturated carbocycles. The number of anilines is 6. The average molecular weight is 715 g/mol. The van der Waals surface area contributed by atoms with Crippen LogP contribution in [0.15, 0.2) is 231 Å². The number of benzene rings is 10. The van der Waals surface area contributed by atoms with Gasteiger partial charge in [-0.3, -0.25) is 0 Å². The number of nitrogens with zero attached hydrogens (tertiary/aromatic N) is 2. The van der Waals surface area contributed by atoms with Crippen molar-refractivity contribution in [3.63, 3.8) is 0 Å². The third-order valence-electron chi connectivity index (χ3n) is 10.8. The van der Waals surface area contributed by atoms with Gasteiger partial charge in [-0.1, -0.05) is 170 Å². The minimum absolute atomic E-state index is 1.12. The zero-order valence-corrected chi connectivity index (χ0v) is 30.8. The van der Waals surface area contributed by atoms with Crippen molar-refractivity contribution < 1.29 is 0 Å². The van der Waals surface area contributed by atoms with Crippen LogP contribution in [-0.2, 0) is 0 Å². The van der Waals surface area contributed by atoms with E-state index < -0.39 is 0 Å². The molecule has 0 fully saturated rings. The summed E-state index contributed by atoms with van der Waals surface area (Å²) in [5, 5.41) is 7.36. The third-order valence-corrected chi connectivity index (χ3v) is 10.8. The van der Waals surface area contributed by atoms with E-state index in [1.165, 1.54) is 54.6 Å². The van der Waals surface area contributed by atoms with Crippen LogP contribution in [0.4, 0.5) is 34.1 Å². The Morgan fingerprint density at radius 3 is 1.18 bits per heavy atom. The van der Waals surface area contributed by atoms with Crippen LogP contribution in [0.25, 0.3) is 54.6 Å². The highest BCUT2D eigenvalue weighted by Crippen LogP contribution is 2.44. The summed E-state index contributed by atoms with van der Waals surface area (Å²) in [6, 6.07) is 83.0. The van der Waals surface area contributed by atoms with E-state index in [4.69, 9.17) is 0 Å². The van der Waals surface area contributed by atoms with Gasteiger partial charge in [-0.05, 0) is 104 Å². The van der Waals surface area contributed by atoms with E-state index in [2.05, 4.69) is 240 Å². The maximum atomic E-state index is 2.39. The fraction of sp³-hybridized carbons (Fsp3) is 0. The number of rotatable bonds is 8. The first-order valence-corrected chi connectivity index (χ1v) is 19.2. The second-order valence-corrected chi connectivity index (χ2v) is 14.1. The molecule has 0 saturated heterocycles. The molecule has 56 heavy (non-hydrogen) atoms. The molecule has 0 amide bonds. The fourth-order valence-corrected chi connectivity index (χ4v) is 8.20. The predicted molar refractivity (Wildman–Crippen MR) is 239 cm³/mol. The molecule has 10 rings (SSSR count). The van der Waals surface area contributed by atoms with E-state index >= 15 is 0 Å². The SMILES string of the molecule is c1ccc(-c2ccccc2N(c2ccccc2)c2ccc3c(ccc4c5cc(N(c6ccccc6)c6ccccc6-c6ccccc6)ccc5ccc34)c2)cc1. The summed E-state index contributed by atoms with van der Waals surface area (Å²) < 4.78 is 0. The van der Waals surface area contributed by atoms with E-state index in [1.54, 1.807) is 0 Å². The first-order valence-electron chi connectivity index (χ1n) is 19.2. The Hall–Kier alpha value is -7.42. The summed E-state index contributed by atoms with van der Waals surface area (Å²) in [5.74, 6) is 0. The van der Waals surface area contributed by atoms with Crippen LogP contribution in [0.1, 0.15) is 0 Å². The first kappa shape index (κ1) is 33.2. The topological polar surface area (TPSA) is 6.48 Å². The van der Waals surface area contributed by atoms with Gasteiger partial charge in [0.2, 0.25) is 0 Å². The van der Waals surface area contributed by atoms with Crippen LogP contribution < -0.4 is 9.80 Å². The van der Waals surface area contributed by atoms with E-state index in [1.807, 2.05) is 0 Å². The highest BCUT2D eigenvalue weighted by molar-refractivity contribution is 6.18. The lowest BCUT2D eigenvalue weighted by molar-refractivity contribution is 1.29. The Morgan fingerprint density at radius 1 is 0.232 bits per heavy atom. The van der Waals surface area contributed by atoms with Gasteiger partial charge in [0.05, 0.1) is 11.4 Å². The summed E-state index contributed by atoms with van der Waals surface area (Å²) in [5.41, 5.74) is 11.5. The van der Waals surface area contributed by atoms with E-state index in [-0.39, 0.29) is 0 Å². The highest BCUT2D eigenvalue weighted by atomic mass is 15.1. The van der Waals surface area contributed by atoms with Gasteiger partial charge in [-0.15, -0.1) is 0 Å². The second kappa shape index (κ2) is 14.4. The van der Waals surface area contributed by atoms with Crippen molar-refractivity contribution >= 4 is 66.4 Å². The molecule has 2 nitrogen and oxygen atoms in total. The number of hydrogen-bond acceptors (Lipinski definition) is 2. The molecule has 10 aromatic rings. The fourth-order valence-electron chi connectivity index (χ4n) is 8.20. The molecule has 0 atom stereocenters. The maximum absolute atomic E-state index is 2.39. The zero-order valence-electron chi connectivity index (χ0n) is 30.8. The van der Waals surface area contributed by atoms with Crippen molar-refractivity contribution in [1.29, 1.82) is 0 Å². The smallest absolute Gasteiger partial charge is 0.0540 e. The minimum Gasteiger partial charge on any atom is -0.310 e. The maximum Gasteiger partial charge on any atom is 0.0540 e. The second-order valence-electron chi connectivity index (χ2n) is 14.1. The Morgan fingerprint density at radius 2 is 0.625 bits per heavy atom. The van der Waals surface area contributed by atoms with Crippen LogP contribution in [0.5, 0.6) is 0 Å². The zero-order chi connectivity index (χ0) is 37.3. The standard InChI is InChI=1S/C54H38N2/c1-5-17-39(18-6-1)48-25-13-15-27-53(48)55(43-21-9-3-10-22-43)45-33-36-47-42(37-45)31-35-51-50(47)34-30-41-29-32-46(38-52(41)51)56(44-23-11-4-12-24-44)54-28-16-14-26-49(54)40-19-7-2-8-20-40/h1-38H. The lowest BCUT2D eigenvalue weighted by Gasteiger charge is -2.28. The Bertz CT molecular complexity index is 2960. The van der Waals surface area contributed by atoms with Crippen molar-refractivity contribution in [3.05, 3.63) is 231 Å². The molecule has 0 N–H and O–H groups in total. The molecule has 0 aliphatic rings. The number of para-hydroxylation sites is 4. The van der Waals surface area contributed by atoms with Gasteiger partial charge in [0.25, 0.3) is 0 Å². The molecular weight excluding hydrogens is 677 g/mol. The van der Waals surface area contributed by atoms with Crippen LogP contribution in [0.2, 0.25) is 0 Å². The molecular formula is C54H38N2. The molecule has 0 unspecified atom stereocenters. The van der Waals surface area contributed by atoms with Gasteiger partial charge in [0, 0.05) is 33.9 Å². The lowest BCUT2D eigenvalue weighted by Crippen LogP contribution is -2.11. The highest BCUT2D eigenvalue weighted by Gasteiger charge is 2.20. The van der Waals surface area contributed by atoms with Gasteiger partial charge in [-0.2, -0.15) is 0 Å². The molecule has 0 aliphatic carbocycles. The largest absolute Gasteiger partial charge is 0.310 e. The summed E-state index contributed by atoms with van der Waals surface area (Å²) in [6.45, 7) is 0. The van der Waals surface area contributed by atoms with E-state index in [9.17, 15) is 0 Å². The Balaban J connectivity index is 1.12. The van der Waals surface area contributed by atoms with Crippen LogP contribution in [0.3, 0.4) is 0 Å². The van der Waals surface area contributed by atoms with Gasteiger partial charge < -0.3 is 9.80 Å².